The number of allylic oxidation sites excluding steroid dienone is 7. The van der Waals surface area contributed by atoms with Crippen molar-refractivity contribution in [2.75, 3.05) is 17.7 Å². The van der Waals surface area contributed by atoms with Gasteiger partial charge in [0.25, 0.3) is 0 Å². The van der Waals surface area contributed by atoms with Crippen molar-refractivity contribution in [1.82, 2.24) is 9.97 Å². The fourth-order valence-electron chi connectivity index (χ4n) is 3.33. The molecule has 1 heterocycles. The van der Waals surface area contributed by atoms with E-state index in [1.54, 1.807) is 0 Å². The number of nitrogens with one attached hydrogen (secondary N) is 1. The lowest BCUT2D eigenvalue weighted by atomic mass is 10.0. The van der Waals surface area contributed by atoms with Crippen LogP contribution >= 0.6 is 11.6 Å². The molecule has 0 amide bonds. The van der Waals surface area contributed by atoms with E-state index in [1.165, 1.54) is 24.3 Å². The molecule has 0 saturated heterocycles. The highest BCUT2D eigenvalue weighted by atomic mass is 35.5. The predicted octanol–water partition coefficient (Wildman–Crippen LogP) is 2.63. The van der Waals surface area contributed by atoms with Gasteiger partial charge in [0, 0.05) is 18.6 Å². The summed E-state index contributed by atoms with van der Waals surface area (Å²) in [6.07, 6.45) is 5.66. The van der Waals surface area contributed by atoms with Gasteiger partial charge in [-0.05, 0) is 43.1 Å². The predicted molar refractivity (Wildman–Crippen MR) is 106 cm³/mol. The van der Waals surface area contributed by atoms with E-state index in [4.69, 9.17) is 17.3 Å². The molecule has 1 aromatic heterocycles. The minimum Gasteiger partial charge on any atom is -0.396 e. The van der Waals surface area contributed by atoms with Crippen molar-refractivity contribution in [3.05, 3.63) is 52.2 Å². The average molecular weight is 427 g/mol. The molecule has 3 unspecified atom stereocenters. The molecule has 7 nitrogen and oxygen atoms in total. The third kappa shape index (κ3) is 4.81. The molecule has 29 heavy (non-hydrogen) atoms. The van der Waals surface area contributed by atoms with E-state index < -0.39 is 29.4 Å². The molecule has 0 aromatic carbocycles. The molecule has 0 radical (unpaired) electrons. The normalized spacial score (nSPS) is 27.4. The molecule has 156 valence electrons. The van der Waals surface area contributed by atoms with E-state index in [9.17, 15) is 24.1 Å². The lowest BCUT2D eigenvalue weighted by Gasteiger charge is -2.30. The number of halogens is 3. The minimum atomic E-state index is -1.75. The third-order valence-electron chi connectivity index (χ3n) is 4.91. The van der Waals surface area contributed by atoms with Crippen molar-refractivity contribution in [3.8, 4) is 0 Å². The van der Waals surface area contributed by atoms with Crippen molar-refractivity contribution in [2.24, 2.45) is 5.92 Å². The Bertz CT molecular complexity index is 919. The number of nitrogens with two attached hydrogens (primary N) is 1. The summed E-state index contributed by atoms with van der Waals surface area (Å²) in [5, 5.41) is 33.1. The zero-order valence-corrected chi connectivity index (χ0v) is 16.1. The van der Waals surface area contributed by atoms with Crippen LogP contribution in [-0.2, 0) is 0 Å². The molecule has 1 aromatic rings. The van der Waals surface area contributed by atoms with Crippen molar-refractivity contribution >= 4 is 29.4 Å². The molecule has 0 spiro atoms. The van der Waals surface area contributed by atoms with Gasteiger partial charge >= 0.3 is 0 Å². The first-order valence-corrected chi connectivity index (χ1v) is 9.33. The van der Waals surface area contributed by atoms with Gasteiger partial charge in [-0.1, -0.05) is 17.7 Å². The second-order valence-corrected chi connectivity index (χ2v) is 7.34. The summed E-state index contributed by atoms with van der Waals surface area (Å²) in [5.41, 5.74) is 4.61. The Kier molecular flexibility index (Phi) is 6.33. The van der Waals surface area contributed by atoms with Gasteiger partial charge in [-0.25, -0.2) is 13.8 Å². The van der Waals surface area contributed by atoms with E-state index in [1.807, 2.05) is 0 Å². The maximum absolute atomic E-state index is 13.6. The first kappa shape index (κ1) is 21.4. The molecule has 0 aliphatic heterocycles. The van der Waals surface area contributed by atoms with E-state index in [-0.39, 0.29) is 41.9 Å². The Labute approximate surface area is 170 Å². The highest BCUT2D eigenvalue weighted by molar-refractivity contribution is 6.31. The maximum Gasteiger partial charge on any atom is 0.223 e. The molecule has 10 heteroatoms. The van der Waals surface area contributed by atoms with Gasteiger partial charge in [0.1, 0.15) is 28.7 Å². The van der Waals surface area contributed by atoms with Gasteiger partial charge in [0.05, 0.1) is 5.56 Å². The second kappa shape index (κ2) is 8.58. The zero-order chi connectivity index (χ0) is 21.2. The number of anilines is 2. The van der Waals surface area contributed by atoms with Crippen LogP contribution < -0.4 is 11.1 Å². The Morgan fingerprint density at radius 3 is 2.72 bits per heavy atom. The van der Waals surface area contributed by atoms with E-state index in [0.29, 0.717) is 12.0 Å². The highest BCUT2D eigenvalue weighted by Crippen LogP contribution is 2.37. The number of hydrogen-bond donors (Lipinski definition) is 5. The highest BCUT2D eigenvalue weighted by Gasteiger charge is 2.47. The molecule has 1 fully saturated rings. The Morgan fingerprint density at radius 2 is 2.03 bits per heavy atom. The van der Waals surface area contributed by atoms with Gasteiger partial charge in [0.2, 0.25) is 5.95 Å². The van der Waals surface area contributed by atoms with Crippen LogP contribution in [0.1, 0.15) is 24.8 Å². The SMILES string of the molecule is Nc1nc(Cl)c(C=CC2=CC(F)=CC(F)=CC2)c(NC2(O)CCC(CO)C2O)n1. The lowest BCUT2D eigenvalue weighted by molar-refractivity contribution is -0.0545. The zero-order valence-electron chi connectivity index (χ0n) is 15.3. The lowest BCUT2D eigenvalue weighted by Crippen LogP contribution is -2.48. The average Bonchev–Trinajstić information content (AvgIpc) is 2.81. The molecular formula is C19H21ClF2N4O3. The topological polar surface area (TPSA) is 125 Å². The number of rotatable bonds is 5. The van der Waals surface area contributed by atoms with Gasteiger partial charge in [0.15, 0.2) is 5.72 Å². The smallest absolute Gasteiger partial charge is 0.223 e. The Hall–Kier alpha value is -2.33. The third-order valence-corrected chi connectivity index (χ3v) is 5.20. The van der Waals surface area contributed by atoms with Crippen LogP contribution in [0.5, 0.6) is 0 Å². The summed E-state index contributed by atoms with van der Waals surface area (Å²) in [7, 11) is 0. The van der Waals surface area contributed by atoms with Gasteiger partial charge in [-0.2, -0.15) is 4.98 Å². The molecule has 6 N–H and O–H groups in total. The Morgan fingerprint density at radius 1 is 1.28 bits per heavy atom. The van der Waals surface area contributed by atoms with Crippen molar-refractivity contribution < 1.29 is 24.1 Å². The summed E-state index contributed by atoms with van der Waals surface area (Å²) in [6, 6.07) is 0. The summed E-state index contributed by atoms with van der Waals surface area (Å²) in [4.78, 5) is 7.92. The monoisotopic (exact) mass is 426 g/mol. The van der Waals surface area contributed by atoms with Crippen molar-refractivity contribution in [1.29, 1.82) is 0 Å². The van der Waals surface area contributed by atoms with Crippen LogP contribution in [0.3, 0.4) is 0 Å². The standard InChI is InChI=1S/C19H21ClF2N4O3/c20-16-14(4-2-10-1-3-12(21)8-13(22)7-10)17(25-18(23)24-16)26-19(29)6-5-11(9-27)15(19)28/h2-4,7-8,11,15,27-29H,1,5-6,9H2,(H3,23,24,25,26). The van der Waals surface area contributed by atoms with E-state index in [2.05, 4.69) is 15.3 Å². The largest absolute Gasteiger partial charge is 0.396 e. The Balaban J connectivity index is 1.91. The molecule has 0 bridgehead atoms. The van der Waals surface area contributed by atoms with Crippen molar-refractivity contribution in [3.63, 3.8) is 0 Å². The summed E-state index contributed by atoms with van der Waals surface area (Å²) in [5.74, 6) is -1.99. The maximum atomic E-state index is 13.6. The molecule has 1 saturated carbocycles. The van der Waals surface area contributed by atoms with Crippen molar-refractivity contribution in [2.45, 2.75) is 31.1 Å². The molecule has 3 atom stereocenters. The number of nitrogen functional groups attached to an aromatic ring is 1. The summed E-state index contributed by atoms with van der Waals surface area (Å²) < 4.78 is 26.9. The van der Waals surface area contributed by atoms with Crippen LogP contribution in [0.15, 0.2) is 41.5 Å². The van der Waals surface area contributed by atoms with Crippen LogP contribution in [0.2, 0.25) is 5.15 Å². The summed E-state index contributed by atoms with van der Waals surface area (Å²) in [6.45, 7) is -0.276. The van der Waals surface area contributed by atoms with Crippen LogP contribution in [0.25, 0.3) is 6.08 Å². The molecular weight excluding hydrogens is 406 g/mol. The van der Waals surface area contributed by atoms with Crippen LogP contribution in [0.4, 0.5) is 20.5 Å². The van der Waals surface area contributed by atoms with Crippen LogP contribution in [-0.4, -0.2) is 43.7 Å². The van der Waals surface area contributed by atoms with E-state index >= 15 is 0 Å². The first-order chi connectivity index (χ1) is 13.7. The molecule has 2 aliphatic carbocycles. The van der Waals surface area contributed by atoms with Gasteiger partial charge in [-0.3, -0.25) is 0 Å². The molecule has 3 rings (SSSR count). The number of aliphatic hydroxyl groups excluding tert-OH is 2. The number of hydrogen-bond acceptors (Lipinski definition) is 7. The van der Waals surface area contributed by atoms with E-state index in [0.717, 1.165) is 6.08 Å². The summed E-state index contributed by atoms with van der Waals surface area (Å²) >= 11 is 6.18. The number of nitrogens with zero attached hydrogens (tertiary/aromatic N) is 2. The number of aromatic nitrogens is 2. The second-order valence-electron chi connectivity index (χ2n) is 6.99. The fraction of sp³-hybridized carbons (Fsp3) is 0.368. The van der Waals surface area contributed by atoms with Gasteiger partial charge in [-0.15, -0.1) is 0 Å². The fourth-order valence-corrected chi connectivity index (χ4v) is 3.56. The molecule has 2 aliphatic rings. The van der Waals surface area contributed by atoms with Gasteiger partial charge < -0.3 is 26.4 Å². The van der Waals surface area contributed by atoms with Crippen LogP contribution in [0, 0.1) is 5.92 Å². The minimum absolute atomic E-state index is 0.0296. The number of aliphatic hydroxyl groups is 3. The quantitative estimate of drug-likeness (QED) is 0.362. The first-order valence-electron chi connectivity index (χ1n) is 8.96.